The van der Waals surface area contributed by atoms with Crippen LogP contribution in [-0.4, -0.2) is 16.6 Å². The number of carboxylic acids is 1. The normalized spacial score (nSPS) is 12.1. The van der Waals surface area contributed by atoms with Crippen LogP contribution in [0.1, 0.15) is 40.9 Å². The SMILES string of the molecule is Cc1c(Oc2ccc(CC(C)(C)N)cc2)ccc(C(=O)O)c1C(F)(F)F. The Kier molecular flexibility index (Phi) is 5.32. The van der Waals surface area contributed by atoms with Gasteiger partial charge in [-0.3, -0.25) is 0 Å². The molecule has 2 aromatic carbocycles. The van der Waals surface area contributed by atoms with Crippen molar-refractivity contribution in [3.63, 3.8) is 0 Å². The molecule has 0 amide bonds. The number of ether oxygens (including phenoxy) is 1. The number of carbonyl (C=O) groups is 1. The number of nitrogens with two attached hydrogens (primary N) is 1. The Balaban J connectivity index is 2.34. The van der Waals surface area contributed by atoms with Gasteiger partial charge in [-0.2, -0.15) is 13.2 Å². The number of hydrogen-bond acceptors (Lipinski definition) is 3. The highest BCUT2D eigenvalue weighted by Gasteiger charge is 2.38. The lowest BCUT2D eigenvalue weighted by Gasteiger charge is -2.19. The summed E-state index contributed by atoms with van der Waals surface area (Å²) in [6.45, 7) is 4.97. The van der Waals surface area contributed by atoms with Crippen LogP contribution < -0.4 is 10.5 Å². The molecule has 0 aliphatic heterocycles. The van der Waals surface area contributed by atoms with Crippen LogP contribution in [0.4, 0.5) is 13.2 Å². The van der Waals surface area contributed by atoms with Gasteiger partial charge in [0.05, 0.1) is 11.1 Å². The number of carboxylic acid groups (broad SMARTS) is 1. The number of alkyl halides is 3. The first-order chi connectivity index (χ1) is 11.9. The van der Waals surface area contributed by atoms with Gasteiger partial charge in [0, 0.05) is 11.1 Å². The van der Waals surface area contributed by atoms with Crippen LogP contribution in [0.5, 0.6) is 11.5 Å². The molecule has 0 heterocycles. The van der Waals surface area contributed by atoms with Gasteiger partial charge in [0.15, 0.2) is 0 Å². The van der Waals surface area contributed by atoms with E-state index in [4.69, 9.17) is 15.6 Å². The van der Waals surface area contributed by atoms with E-state index >= 15 is 0 Å². The molecule has 2 rings (SSSR count). The summed E-state index contributed by atoms with van der Waals surface area (Å²) in [5.41, 5.74) is 4.27. The standard InChI is InChI=1S/C19H20F3NO3/c1-11-15(9-8-14(17(24)25)16(11)19(20,21)22)26-13-6-4-12(5-7-13)10-18(2,3)23/h4-9H,10,23H2,1-3H3,(H,24,25). The molecule has 0 unspecified atom stereocenters. The molecule has 2 aromatic rings. The van der Waals surface area contributed by atoms with Gasteiger partial charge in [-0.15, -0.1) is 0 Å². The number of hydrogen-bond donors (Lipinski definition) is 2. The van der Waals surface area contributed by atoms with Gasteiger partial charge in [0.25, 0.3) is 0 Å². The van der Waals surface area contributed by atoms with E-state index in [-0.39, 0.29) is 16.9 Å². The molecule has 0 bridgehead atoms. The predicted octanol–water partition coefficient (Wildman–Crippen LogP) is 4.78. The van der Waals surface area contributed by atoms with Crippen LogP contribution in [0.3, 0.4) is 0 Å². The highest BCUT2D eigenvalue weighted by atomic mass is 19.4. The van der Waals surface area contributed by atoms with E-state index in [2.05, 4.69) is 0 Å². The van der Waals surface area contributed by atoms with E-state index in [0.717, 1.165) is 11.6 Å². The molecule has 0 saturated heterocycles. The topological polar surface area (TPSA) is 72.5 Å². The Morgan fingerprint density at radius 2 is 1.69 bits per heavy atom. The van der Waals surface area contributed by atoms with Crippen molar-refractivity contribution in [1.29, 1.82) is 0 Å². The highest BCUT2D eigenvalue weighted by molar-refractivity contribution is 5.90. The van der Waals surface area contributed by atoms with Crippen LogP contribution in [0, 0.1) is 6.92 Å². The zero-order chi connectivity index (χ0) is 19.7. The molecule has 26 heavy (non-hydrogen) atoms. The van der Waals surface area contributed by atoms with Crippen molar-refractivity contribution in [3.05, 3.63) is 58.7 Å². The second-order valence-corrected chi connectivity index (χ2v) is 6.83. The quantitative estimate of drug-likeness (QED) is 0.797. The fourth-order valence-electron chi connectivity index (χ4n) is 2.68. The Bertz CT molecular complexity index is 807. The van der Waals surface area contributed by atoms with Crippen molar-refractivity contribution in [1.82, 2.24) is 0 Å². The molecule has 3 N–H and O–H groups in total. The van der Waals surface area contributed by atoms with Crippen LogP contribution >= 0.6 is 0 Å². The number of rotatable bonds is 5. The van der Waals surface area contributed by atoms with Crippen molar-refractivity contribution in [2.75, 3.05) is 0 Å². The maximum atomic E-state index is 13.3. The average Bonchev–Trinajstić information content (AvgIpc) is 2.48. The van der Waals surface area contributed by atoms with Crippen LogP contribution in [0.15, 0.2) is 36.4 Å². The average molecular weight is 367 g/mol. The molecule has 7 heteroatoms. The first kappa shape index (κ1) is 19.8. The van der Waals surface area contributed by atoms with Crippen molar-refractivity contribution in [2.24, 2.45) is 5.73 Å². The van der Waals surface area contributed by atoms with Crippen LogP contribution in [-0.2, 0) is 12.6 Å². The van der Waals surface area contributed by atoms with E-state index in [1.807, 2.05) is 13.8 Å². The summed E-state index contributed by atoms with van der Waals surface area (Å²) in [5.74, 6) is -1.34. The van der Waals surface area contributed by atoms with Crippen molar-refractivity contribution in [3.8, 4) is 11.5 Å². The molecule has 4 nitrogen and oxygen atoms in total. The Morgan fingerprint density at radius 1 is 1.12 bits per heavy atom. The third kappa shape index (κ3) is 4.76. The van der Waals surface area contributed by atoms with Crippen molar-refractivity contribution < 1.29 is 27.8 Å². The fourth-order valence-corrected chi connectivity index (χ4v) is 2.68. The van der Waals surface area contributed by atoms with Gasteiger partial charge in [0.1, 0.15) is 11.5 Å². The van der Waals surface area contributed by atoms with Gasteiger partial charge in [-0.05, 0) is 57.0 Å². The number of aromatic carboxylic acids is 1. The van der Waals surface area contributed by atoms with Gasteiger partial charge in [0.2, 0.25) is 0 Å². The molecule has 0 radical (unpaired) electrons. The van der Waals surface area contributed by atoms with Gasteiger partial charge < -0.3 is 15.6 Å². The van der Waals surface area contributed by atoms with Crippen molar-refractivity contribution >= 4 is 5.97 Å². The molecular weight excluding hydrogens is 347 g/mol. The maximum absolute atomic E-state index is 13.3. The molecule has 0 aromatic heterocycles. The Hall–Kier alpha value is -2.54. The van der Waals surface area contributed by atoms with E-state index in [1.54, 1.807) is 24.3 Å². The van der Waals surface area contributed by atoms with E-state index < -0.39 is 23.3 Å². The zero-order valence-electron chi connectivity index (χ0n) is 14.6. The van der Waals surface area contributed by atoms with Gasteiger partial charge in [-0.25, -0.2) is 4.79 Å². The minimum atomic E-state index is -4.80. The molecule has 0 atom stereocenters. The second-order valence-electron chi connectivity index (χ2n) is 6.83. The molecule has 0 saturated carbocycles. The van der Waals surface area contributed by atoms with Gasteiger partial charge >= 0.3 is 12.1 Å². The zero-order valence-corrected chi connectivity index (χ0v) is 14.6. The van der Waals surface area contributed by atoms with E-state index in [9.17, 15) is 18.0 Å². The van der Waals surface area contributed by atoms with E-state index in [0.29, 0.717) is 12.2 Å². The largest absolute Gasteiger partial charge is 0.478 e. The second kappa shape index (κ2) is 6.99. The third-order valence-electron chi connectivity index (χ3n) is 3.74. The minimum absolute atomic E-state index is 0.0470. The number of benzene rings is 2. The summed E-state index contributed by atoms with van der Waals surface area (Å²) >= 11 is 0. The predicted molar refractivity (Wildman–Crippen MR) is 91.6 cm³/mol. The van der Waals surface area contributed by atoms with Crippen LogP contribution in [0.25, 0.3) is 0 Å². The number of halogens is 3. The van der Waals surface area contributed by atoms with Gasteiger partial charge in [-0.1, -0.05) is 12.1 Å². The summed E-state index contributed by atoms with van der Waals surface area (Å²) in [5, 5.41) is 9.01. The molecule has 0 aliphatic rings. The molecular formula is C19H20F3NO3. The molecule has 0 fully saturated rings. The smallest absolute Gasteiger partial charge is 0.417 e. The summed E-state index contributed by atoms with van der Waals surface area (Å²) in [6, 6.07) is 8.98. The lowest BCUT2D eigenvalue weighted by Crippen LogP contribution is -2.34. The third-order valence-corrected chi connectivity index (χ3v) is 3.74. The Labute approximate surface area is 149 Å². The van der Waals surface area contributed by atoms with Crippen LogP contribution in [0.2, 0.25) is 0 Å². The monoisotopic (exact) mass is 367 g/mol. The molecule has 140 valence electrons. The first-order valence-corrected chi connectivity index (χ1v) is 7.88. The summed E-state index contributed by atoms with van der Waals surface area (Å²) in [6.07, 6.45) is -4.16. The summed E-state index contributed by atoms with van der Waals surface area (Å²) in [7, 11) is 0. The lowest BCUT2D eigenvalue weighted by atomic mass is 9.96. The molecule has 0 aliphatic carbocycles. The fraction of sp³-hybridized carbons (Fsp3) is 0.316. The van der Waals surface area contributed by atoms with Crippen molar-refractivity contribution in [2.45, 2.75) is 38.9 Å². The maximum Gasteiger partial charge on any atom is 0.417 e. The van der Waals surface area contributed by atoms with E-state index in [1.165, 1.54) is 13.0 Å². The lowest BCUT2D eigenvalue weighted by molar-refractivity contribution is -0.138. The highest BCUT2D eigenvalue weighted by Crippen LogP contribution is 2.39. The molecule has 0 spiro atoms. The summed E-state index contributed by atoms with van der Waals surface area (Å²) in [4.78, 5) is 11.1. The Morgan fingerprint density at radius 3 is 2.15 bits per heavy atom. The summed E-state index contributed by atoms with van der Waals surface area (Å²) < 4.78 is 45.3. The minimum Gasteiger partial charge on any atom is -0.478 e. The first-order valence-electron chi connectivity index (χ1n) is 7.88.